The molecule has 20 heavy (non-hydrogen) atoms. The number of benzene rings is 2. The van der Waals surface area contributed by atoms with Crippen molar-refractivity contribution in [3.63, 3.8) is 0 Å². The molecule has 1 aliphatic rings. The Hall–Kier alpha value is -2.00. The monoisotopic (exact) mass is 286 g/mol. The zero-order valence-electron chi connectivity index (χ0n) is 11.0. The highest BCUT2D eigenvalue weighted by Crippen LogP contribution is 2.30. The minimum absolute atomic E-state index is 0.0885. The van der Waals surface area contributed by atoms with E-state index in [0.717, 1.165) is 18.5 Å². The second kappa shape index (κ2) is 5.17. The number of carbonyl (C=O) groups excluding carboxylic acids is 1. The van der Waals surface area contributed by atoms with E-state index in [4.69, 9.17) is 17.3 Å². The first-order valence-corrected chi connectivity index (χ1v) is 6.99. The summed E-state index contributed by atoms with van der Waals surface area (Å²) in [7, 11) is 0. The molecule has 0 radical (unpaired) electrons. The number of nitrogen functional groups attached to an aromatic ring is 1. The summed E-state index contributed by atoms with van der Waals surface area (Å²) in [6.45, 7) is 0.709. The van der Waals surface area contributed by atoms with E-state index in [-0.39, 0.29) is 5.91 Å². The number of anilines is 2. The lowest BCUT2D eigenvalue weighted by Crippen LogP contribution is -2.35. The van der Waals surface area contributed by atoms with Crippen molar-refractivity contribution in [2.45, 2.75) is 12.8 Å². The summed E-state index contributed by atoms with van der Waals surface area (Å²) in [6, 6.07) is 13.0. The summed E-state index contributed by atoms with van der Waals surface area (Å²) in [5, 5.41) is 0.437. The van der Waals surface area contributed by atoms with Crippen LogP contribution in [0.2, 0.25) is 5.02 Å². The minimum atomic E-state index is -0.0885. The molecule has 102 valence electrons. The number of aryl methyl sites for hydroxylation is 1. The third kappa shape index (κ3) is 2.25. The van der Waals surface area contributed by atoms with E-state index >= 15 is 0 Å². The number of nitrogens with zero attached hydrogens (tertiary/aromatic N) is 1. The Balaban J connectivity index is 2.02. The maximum absolute atomic E-state index is 12.7. The van der Waals surface area contributed by atoms with Gasteiger partial charge in [0, 0.05) is 17.9 Å². The summed E-state index contributed by atoms with van der Waals surface area (Å²) in [4.78, 5) is 14.5. The maximum atomic E-state index is 12.7. The van der Waals surface area contributed by atoms with Crippen molar-refractivity contribution in [3.05, 3.63) is 58.6 Å². The van der Waals surface area contributed by atoms with Crippen LogP contribution in [-0.4, -0.2) is 12.5 Å². The molecular weight excluding hydrogens is 272 g/mol. The lowest BCUT2D eigenvalue weighted by Gasteiger charge is -2.29. The molecule has 0 bridgehead atoms. The van der Waals surface area contributed by atoms with Gasteiger partial charge < -0.3 is 10.6 Å². The lowest BCUT2D eigenvalue weighted by atomic mass is 10.0. The van der Waals surface area contributed by atoms with Crippen LogP contribution in [0.15, 0.2) is 42.5 Å². The second-order valence-electron chi connectivity index (χ2n) is 4.93. The molecule has 2 aromatic rings. The molecule has 0 saturated heterocycles. The van der Waals surface area contributed by atoms with Crippen LogP contribution in [-0.2, 0) is 6.42 Å². The molecule has 0 spiro atoms. The molecule has 4 heteroatoms. The van der Waals surface area contributed by atoms with E-state index in [0.29, 0.717) is 22.8 Å². The van der Waals surface area contributed by atoms with Crippen molar-refractivity contribution < 1.29 is 4.79 Å². The topological polar surface area (TPSA) is 46.3 Å². The molecule has 3 nitrogen and oxygen atoms in total. The molecule has 0 unspecified atom stereocenters. The Bertz CT molecular complexity index is 669. The van der Waals surface area contributed by atoms with Gasteiger partial charge in [-0.3, -0.25) is 4.79 Å². The van der Waals surface area contributed by atoms with E-state index in [1.807, 2.05) is 18.2 Å². The van der Waals surface area contributed by atoms with Gasteiger partial charge in [-0.05, 0) is 42.7 Å². The van der Waals surface area contributed by atoms with Gasteiger partial charge in [0.2, 0.25) is 0 Å². The predicted octanol–water partition coefficient (Wildman–Crippen LogP) is 3.52. The first-order valence-electron chi connectivity index (χ1n) is 6.61. The Kier molecular flexibility index (Phi) is 3.36. The van der Waals surface area contributed by atoms with Gasteiger partial charge in [0.15, 0.2) is 0 Å². The number of nitrogens with two attached hydrogens (primary N) is 1. The van der Waals surface area contributed by atoms with Crippen molar-refractivity contribution in [1.29, 1.82) is 0 Å². The number of amides is 1. The molecule has 0 saturated carbocycles. The Morgan fingerprint density at radius 3 is 2.85 bits per heavy atom. The van der Waals surface area contributed by atoms with Crippen molar-refractivity contribution in [2.24, 2.45) is 0 Å². The largest absolute Gasteiger partial charge is 0.399 e. The standard InChI is InChI=1S/C16H15ClN2O/c17-14-8-7-12(18)10-13(14)16(20)19-9-3-5-11-4-1-2-6-15(11)19/h1-2,4,6-8,10H,3,5,9,18H2. The predicted molar refractivity (Wildman–Crippen MR) is 82.3 cm³/mol. The molecule has 1 heterocycles. The zero-order valence-corrected chi connectivity index (χ0v) is 11.7. The van der Waals surface area contributed by atoms with E-state index < -0.39 is 0 Å². The molecule has 0 fully saturated rings. The molecule has 0 aromatic heterocycles. The summed E-state index contributed by atoms with van der Waals surface area (Å²) >= 11 is 6.13. The highest BCUT2D eigenvalue weighted by atomic mass is 35.5. The molecular formula is C16H15ClN2O. The van der Waals surface area contributed by atoms with Crippen LogP contribution in [0.5, 0.6) is 0 Å². The molecule has 1 aliphatic heterocycles. The van der Waals surface area contributed by atoms with Crippen LogP contribution < -0.4 is 10.6 Å². The first kappa shape index (κ1) is 13.0. The van der Waals surface area contributed by atoms with Gasteiger partial charge in [-0.2, -0.15) is 0 Å². The van der Waals surface area contributed by atoms with Crippen LogP contribution in [0.25, 0.3) is 0 Å². The van der Waals surface area contributed by atoms with E-state index in [1.54, 1.807) is 23.1 Å². The fourth-order valence-corrected chi connectivity index (χ4v) is 2.80. The maximum Gasteiger partial charge on any atom is 0.259 e. The van der Waals surface area contributed by atoms with Gasteiger partial charge in [-0.1, -0.05) is 29.8 Å². The smallest absolute Gasteiger partial charge is 0.259 e. The molecule has 0 atom stereocenters. The highest BCUT2D eigenvalue weighted by Gasteiger charge is 2.24. The van der Waals surface area contributed by atoms with Gasteiger partial charge in [0.1, 0.15) is 0 Å². The molecule has 1 amide bonds. The van der Waals surface area contributed by atoms with E-state index in [9.17, 15) is 4.79 Å². The summed E-state index contributed by atoms with van der Waals surface area (Å²) in [5.41, 5.74) is 8.94. The Morgan fingerprint density at radius 1 is 1.20 bits per heavy atom. The van der Waals surface area contributed by atoms with Gasteiger partial charge in [-0.15, -0.1) is 0 Å². The van der Waals surface area contributed by atoms with Crippen LogP contribution in [0.4, 0.5) is 11.4 Å². The van der Waals surface area contributed by atoms with Crippen molar-refractivity contribution >= 4 is 28.9 Å². The van der Waals surface area contributed by atoms with Crippen LogP contribution >= 0.6 is 11.6 Å². The summed E-state index contributed by atoms with van der Waals surface area (Å²) in [5.74, 6) is -0.0885. The minimum Gasteiger partial charge on any atom is -0.399 e. The Morgan fingerprint density at radius 2 is 2.00 bits per heavy atom. The lowest BCUT2D eigenvalue weighted by molar-refractivity contribution is 0.0985. The molecule has 2 aromatic carbocycles. The van der Waals surface area contributed by atoms with E-state index in [2.05, 4.69) is 6.07 Å². The number of hydrogen-bond acceptors (Lipinski definition) is 2. The van der Waals surface area contributed by atoms with Gasteiger partial charge in [0.25, 0.3) is 5.91 Å². The van der Waals surface area contributed by atoms with Gasteiger partial charge in [-0.25, -0.2) is 0 Å². The number of para-hydroxylation sites is 1. The van der Waals surface area contributed by atoms with Crippen LogP contribution in [0.3, 0.4) is 0 Å². The quantitative estimate of drug-likeness (QED) is 0.816. The summed E-state index contributed by atoms with van der Waals surface area (Å²) < 4.78 is 0. The molecule has 2 N–H and O–H groups in total. The van der Waals surface area contributed by atoms with Gasteiger partial charge in [0.05, 0.1) is 10.6 Å². The number of hydrogen-bond donors (Lipinski definition) is 1. The van der Waals surface area contributed by atoms with E-state index in [1.165, 1.54) is 5.56 Å². The molecule has 3 rings (SSSR count). The normalized spacial score (nSPS) is 13.9. The highest BCUT2D eigenvalue weighted by molar-refractivity contribution is 6.34. The number of carbonyl (C=O) groups is 1. The molecule has 0 aliphatic carbocycles. The summed E-state index contributed by atoms with van der Waals surface area (Å²) in [6.07, 6.45) is 1.97. The fourth-order valence-electron chi connectivity index (χ4n) is 2.60. The number of halogens is 1. The van der Waals surface area contributed by atoms with Crippen molar-refractivity contribution in [2.75, 3.05) is 17.2 Å². The van der Waals surface area contributed by atoms with Crippen LogP contribution in [0, 0.1) is 0 Å². The van der Waals surface area contributed by atoms with Crippen molar-refractivity contribution in [3.8, 4) is 0 Å². The Labute approximate surface area is 123 Å². The zero-order chi connectivity index (χ0) is 14.1. The second-order valence-corrected chi connectivity index (χ2v) is 5.34. The average Bonchev–Trinajstić information content (AvgIpc) is 2.48. The van der Waals surface area contributed by atoms with Crippen LogP contribution in [0.1, 0.15) is 22.3 Å². The fraction of sp³-hybridized carbons (Fsp3) is 0.188. The third-order valence-electron chi connectivity index (χ3n) is 3.58. The average molecular weight is 287 g/mol. The SMILES string of the molecule is Nc1ccc(Cl)c(C(=O)N2CCCc3ccccc32)c1. The third-order valence-corrected chi connectivity index (χ3v) is 3.91. The van der Waals surface area contributed by atoms with Crippen molar-refractivity contribution in [1.82, 2.24) is 0 Å². The van der Waals surface area contributed by atoms with Gasteiger partial charge >= 0.3 is 0 Å². The number of rotatable bonds is 1. The first-order chi connectivity index (χ1) is 9.66. The number of fused-ring (bicyclic) bond motifs is 1.